The SMILES string of the molecule is CC(C)(C)C1C2c3ccccc3C(c3ccccc32)C1C(C)(C)C. The largest absolute Gasteiger partial charge is 0.0620 e. The fraction of sp³-hybridized carbons (Fsp3) is 0.500. The van der Waals surface area contributed by atoms with Crippen LogP contribution in [0, 0.1) is 22.7 Å². The van der Waals surface area contributed by atoms with Crippen LogP contribution in [0.15, 0.2) is 48.5 Å². The van der Waals surface area contributed by atoms with Crippen molar-refractivity contribution >= 4 is 0 Å². The van der Waals surface area contributed by atoms with Gasteiger partial charge in [-0.2, -0.15) is 0 Å². The maximum atomic E-state index is 2.45. The van der Waals surface area contributed by atoms with Gasteiger partial charge in [-0.3, -0.25) is 0 Å². The van der Waals surface area contributed by atoms with E-state index in [1.807, 2.05) is 0 Å². The lowest BCUT2D eigenvalue weighted by Crippen LogP contribution is -2.50. The fourth-order valence-corrected chi connectivity index (χ4v) is 5.76. The summed E-state index contributed by atoms with van der Waals surface area (Å²) in [5.41, 5.74) is 6.93. The minimum atomic E-state index is 0.294. The quantitative estimate of drug-likeness (QED) is 0.513. The second-order valence-electron chi connectivity index (χ2n) is 10.00. The van der Waals surface area contributed by atoms with Crippen molar-refractivity contribution in [3.05, 3.63) is 70.8 Å². The van der Waals surface area contributed by atoms with Gasteiger partial charge in [-0.25, -0.2) is 0 Å². The van der Waals surface area contributed by atoms with Crippen LogP contribution < -0.4 is 0 Å². The zero-order valence-electron chi connectivity index (χ0n) is 15.9. The predicted octanol–water partition coefficient (Wildman–Crippen LogP) is 6.60. The molecule has 5 rings (SSSR count). The summed E-state index contributed by atoms with van der Waals surface area (Å²) < 4.78 is 0. The Morgan fingerprint density at radius 2 is 0.750 bits per heavy atom. The monoisotopic (exact) mass is 318 g/mol. The summed E-state index contributed by atoms with van der Waals surface area (Å²) >= 11 is 0. The first kappa shape index (κ1) is 15.9. The molecule has 0 spiro atoms. The number of hydrogen-bond donors (Lipinski definition) is 0. The molecule has 2 aromatic carbocycles. The lowest BCUT2D eigenvalue weighted by molar-refractivity contribution is 0.0258. The van der Waals surface area contributed by atoms with E-state index in [-0.39, 0.29) is 0 Å². The van der Waals surface area contributed by atoms with Gasteiger partial charge in [0.15, 0.2) is 0 Å². The molecule has 126 valence electrons. The van der Waals surface area contributed by atoms with Crippen molar-refractivity contribution in [2.45, 2.75) is 53.4 Å². The zero-order valence-corrected chi connectivity index (χ0v) is 15.9. The third kappa shape index (κ3) is 2.11. The van der Waals surface area contributed by atoms with Crippen molar-refractivity contribution in [2.75, 3.05) is 0 Å². The predicted molar refractivity (Wildman–Crippen MR) is 102 cm³/mol. The smallest absolute Gasteiger partial charge is 0.0132 e. The van der Waals surface area contributed by atoms with Crippen molar-refractivity contribution < 1.29 is 0 Å². The summed E-state index contributed by atoms with van der Waals surface area (Å²) in [6, 6.07) is 18.5. The van der Waals surface area contributed by atoms with E-state index < -0.39 is 0 Å². The molecule has 0 N–H and O–H groups in total. The van der Waals surface area contributed by atoms with Crippen molar-refractivity contribution in [1.82, 2.24) is 0 Å². The molecule has 2 unspecified atom stereocenters. The number of fused-ring (bicyclic) bond motifs is 1. The van der Waals surface area contributed by atoms with E-state index in [1.165, 1.54) is 0 Å². The molecule has 2 atom stereocenters. The van der Waals surface area contributed by atoms with E-state index in [0.717, 1.165) is 0 Å². The third-order valence-electron chi connectivity index (χ3n) is 6.44. The van der Waals surface area contributed by atoms with Gasteiger partial charge in [0.25, 0.3) is 0 Å². The molecule has 0 fully saturated rings. The Labute approximate surface area is 147 Å². The van der Waals surface area contributed by atoms with Crippen LogP contribution in [0.25, 0.3) is 0 Å². The topological polar surface area (TPSA) is 0 Å². The molecular weight excluding hydrogens is 288 g/mol. The summed E-state index contributed by atoms with van der Waals surface area (Å²) in [5, 5.41) is 0. The number of rotatable bonds is 0. The molecule has 2 bridgehead atoms. The normalized spacial score (nSPS) is 28.4. The Bertz CT molecular complexity index is 656. The van der Waals surface area contributed by atoms with Crippen molar-refractivity contribution in [1.29, 1.82) is 0 Å². The lowest BCUT2D eigenvalue weighted by atomic mass is 9.45. The summed E-state index contributed by atoms with van der Waals surface area (Å²) in [6.45, 7) is 14.7. The summed E-state index contributed by atoms with van der Waals surface area (Å²) in [7, 11) is 0. The Hall–Kier alpha value is -1.56. The minimum absolute atomic E-state index is 0.294. The van der Waals surface area contributed by atoms with Gasteiger partial charge in [0.1, 0.15) is 0 Å². The van der Waals surface area contributed by atoms with Crippen LogP contribution in [0.2, 0.25) is 0 Å². The zero-order chi connectivity index (χ0) is 17.3. The van der Waals surface area contributed by atoms with Crippen molar-refractivity contribution in [3.63, 3.8) is 0 Å². The highest BCUT2D eigenvalue weighted by Gasteiger charge is 2.56. The van der Waals surface area contributed by atoms with Gasteiger partial charge >= 0.3 is 0 Å². The Morgan fingerprint density at radius 1 is 0.500 bits per heavy atom. The molecule has 0 amide bonds. The van der Waals surface area contributed by atoms with Gasteiger partial charge in [0.2, 0.25) is 0 Å². The maximum Gasteiger partial charge on any atom is 0.0132 e. The van der Waals surface area contributed by atoms with Crippen LogP contribution in [-0.4, -0.2) is 0 Å². The lowest BCUT2D eigenvalue weighted by Gasteiger charge is -2.59. The van der Waals surface area contributed by atoms with E-state index in [2.05, 4.69) is 90.1 Å². The van der Waals surface area contributed by atoms with Crippen LogP contribution in [0.1, 0.15) is 75.6 Å². The molecule has 0 heteroatoms. The molecule has 2 aromatic rings. The summed E-state index contributed by atoms with van der Waals surface area (Å²) in [6.07, 6.45) is 0. The van der Waals surface area contributed by atoms with Crippen LogP contribution in [0.4, 0.5) is 0 Å². The Balaban J connectivity index is 2.06. The van der Waals surface area contributed by atoms with Gasteiger partial charge in [-0.15, -0.1) is 0 Å². The Morgan fingerprint density at radius 3 is 0.958 bits per heavy atom. The van der Waals surface area contributed by atoms with Crippen molar-refractivity contribution in [3.8, 4) is 0 Å². The molecule has 0 aromatic heterocycles. The molecule has 0 nitrogen and oxygen atoms in total. The van der Waals surface area contributed by atoms with Crippen LogP contribution in [-0.2, 0) is 0 Å². The van der Waals surface area contributed by atoms with E-state index in [9.17, 15) is 0 Å². The average Bonchev–Trinajstić information content (AvgIpc) is 2.52. The summed E-state index contributed by atoms with van der Waals surface area (Å²) in [5.74, 6) is 2.41. The molecule has 3 aliphatic carbocycles. The molecule has 0 saturated carbocycles. The van der Waals surface area contributed by atoms with Gasteiger partial charge in [0, 0.05) is 11.8 Å². The standard InChI is InChI=1S/C24H30/c1-23(2,3)21-19-15-11-7-9-13-17(15)20(22(21)24(4,5)6)18-14-10-8-12-16(18)19/h7-14,19-22H,1-6H3. The van der Waals surface area contributed by atoms with Crippen molar-refractivity contribution in [2.24, 2.45) is 22.7 Å². The van der Waals surface area contributed by atoms with E-state index in [4.69, 9.17) is 0 Å². The van der Waals surface area contributed by atoms with E-state index in [0.29, 0.717) is 34.5 Å². The van der Waals surface area contributed by atoms with Crippen LogP contribution >= 0.6 is 0 Å². The minimum Gasteiger partial charge on any atom is -0.0620 e. The highest BCUT2D eigenvalue weighted by molar-refractivity contribution is 5.57. The second kappa shape index (κ2) is 4.97. The molecule has 0 heterocycles. The Kier molecular flexibility index (Phi) is 3.30. The van der Waals surface area contributed by atoms with Gasteiger partial charge in [-0.05, 0) is 44.9 Å². The maximum absolute atomic E-state index is 2.45. The fourth-order valence-electron chi connectivity index (χ4n) is 5.76. The van der Waals surface area contributed by atoms with E-state index >= 15 is 0 Å². The average molecular weight is 319 g/mol. The van der Waals surface area contributed by atoms with Gasteiger partial charge in [0.05, 0.1) is 0 Å². The molecule has 0 aliphatic heterocycles. The molecular formula is C24H30. The van der Waals surface area contributed by atoms with Crippen LogP contribution in [0.5, 0.6) is 0 Å². The molecule has 24 heavy (non-hydrogen) atoms. The first-order chi connectivity index (χ1) is 11.2. The first-order valence-electron chi connectivity index (χ1n) is 9.39. The highest BCUT2D eigenvalue weighted by Crippen LogP contribution is 2.65. The summed E-state index contributed by atoms with van der Waals surface area (Å²) in [4.78, 5) is 0. The molecule has 3 aliphatic rings. The third-order valence-corrected chi connectivity index (χ3v) is 6.44. The number of benzene rings is 2. The van der Waals surface area contributed by atoms with Gasteiger partial charge < -0.3 is 0 Å². The number of hydrogen-bond acceptors (Lipinski definition) is 0. The van der Waals surface area contributed by atoms with Crippen LogP contribution in [0.3, 0.4) is 0 Å². The highest BCUT2D eigenvalue weighted by atomic mass is 14.6. The van der Waals surface area contributed by atoms with Gasteiger partial charge in [-0.1, -0.05) is 90.1 Å². The molecule has 0 radical (unpaired) electrons. The second-order valence-corrected chi connectivity index (χ2v) is 10.00. The first-order valence-corrected chi connectivity index (χ1v) is 9.39. The van der Waals surface area contributed by atoms with E-state index in [1.54, 1.807) is 22.3 Å². The molecule has 0 saturated heterocycles.